The van der Waals surface area contributed by atoms with Crippen LogP contribution in [0.25, 0.3) is 11.3 Å². The summed E-state index contributed by atoms with van der Waals surface area (Å²) in [6.07, 6.45) is 1.53. The van der Waals surface area contributed by atoms with Crippen LogP contribution < -0.4 is 4.80 Å². The number of hydrogen-bond donors (Lipinski definition) is 0. The van der Waals surface area contributed by atoms with Crippen LogP contribution in [0.3, 0.4) is 0 Å². The van der Waals surface area contributed by atoms with E-state index in [1.807, 2.05) is 0 Å². The molecule has 0 N–H and O–H groups in total. The van der Waals surface area contributed by atoms with Gasteiger partial charge in [0.2, 0.25) is 4.80 Å². The molecule has 2 aromatic carbocycles. The minimum absolute atomic E-state index is 0.0374. The van der Waals surface area contributed by atoms with Gasteiger partial charge >= 0.3 is 0 Å². The number of nitro benzene ring substituents is 1. The minimum Gasteiger partial charge on any atom is -0.315 e. The zero-order valence-corrected chi connectivity index (χ0v) is 15.3. The Hall–Kier alpha value is -3.06. The van der Waals surface area contributed by atoms with Gasteiger partial charge < -0.3 is 4.57 Å². The maximum atomic E-state index is 10.8. The molecule has 0 aliphatic heterocycles. The molecule has 1 aromatic heterocycles. The van der Waals surface area contributed by atoms with Gasteiger partial charge in [-0.1, -0.05) is 42.0 Å². The lowest BCUT2D eigenvalue weighted by Gasteiger charge is -2.05. The second-order valence-corrected chi connectivity index (χ2v) is 6.55. The van der Waals surface area contributed by atoms with Gasteiger partial charge in [-0.15, -0.1) is 16.4 Å². The zero-order chi connectivity index (χ0) is 18.5. The first-order valence-corrected chi connectivity index (χ1v) is 9.03. The number of rotatable bonds is 5. The molecule has 0 saturated heterocycles. The van der Waals surface area contributed by atoms with Gasteiger partial charge in [-0.3, -0.25) is 10.1 Å². The molecule has 0 fully saturated rings. The van der Waals surface area contributed by atoms with Crippen LogP contribution in [0, 0.1) is 17.0 Å². The van der Waals surface area contributed by atoms with E-state index >= 15 is 0 Å². The maximum Gasteiger partial charge on any atom is 0.270 e. The monoisotopic (exact) mass is 366 g/mol. The van der Waals surface area contributed by atoms with Gasteiger partial charge in [0, 0.05) is 29.6 Å². The van der Waals surface area contributed by atoms with Crippen LogP contribution >= 0.6 is 11.3 Å². The van der Waals surface area contributed by atoms with Gasteiger partial charge in [0.15, 0.2) is 0 Å². The number of non-ortho nitro benzene ring substituents is 1. The van der Waals surface area contributed by atoms with Gasteiger partial charge in [-0.05, 0) is 19.4 Å². The van der Waals surface area contributed by atoms with Crippen molar-refractivity contribution in [2.24, 2.45) is 10.2 Å². The third-order valence-electron chi connectivity index (χ3n) is 3.89. The van der Waals surface area contributed by atoms with E-state index in [1.165, 1.54) is 35.2 Å². The summed E-state index contributed by atoms with van der Waals surface area (Å²) in [5.74, 6) is 0. The summed E-state index contributed by atoms with van der Waals surface area (Å²) in [4.78, 5) is 11.2. The lowest BCUT2D eigenvalue weighted by molar-refractivity contribution is -0.384. The van der Waals surface area contributed by atoms with Gasteiger partial charge in [0.25, 0.3) is 5.69 Å². The number of thiazole rings is 1. The zero-order valence-electron chi connectivity index (χ0n) is 14.5. The normalized spacial score (nSPS) is 12.0. The maximum absolute atomic E-state index is 10.8. The number of nitrogens with zero attached hydrogens (tertiary/aromatic N) is 4. The summed E-state index contributed by atoms with van der Waals surface area (Å²) >= 11 is 1.52. The standard InChI is InChI=1S/C19H18N4O2S/c1-3-22-18(16-9-7-14(2)8-10-16)13-26-19(22)21-20-12-15-5-4-6-17(11-15)23(24)25/h4-13H,3H2,1-2H3/b20-12-,21-19-. The van der Waals surface area contributed by atoms with Gasteiger partial charge in [0.1, 0.15) is 0 Å². The molecule has 0 aliphatic rings. The topological polar surface area (TPSA) is 72.8 Å². The Morgan fingerprint density at radius 2 is 2.00 bits per heavy atom. The Labute approximate surface area is 154 Å². The third kappa shape index (κ3) is 3.94. The van der Waals surface area contributed by atoms with Crippen LogP contribution in [-0.4, -0.2) is 15.7 Å². The quantitative estimate of drug-likeness (QED) is 0.382. The van der Waals surface area contributed by atoms with Crippen LogP contribution in [0.5, 0.6) is 0 Å². The van der Waals surface area contributed by atoms with Crippen molar-refractivity contribution < 1.29 is 4.92 Å². The van der Waals surface area contributed by atoms with Crippen molar-refractivity contribution in [3.05, 3.63) is 80.0 Å². The second-order valence-electron chi connectivity index (χ2n) is 5.71. The van der Waals surface area contributed by atoms with E-state index in [2.05, 4.69) is 58.3 Å². The highest BCUT2D eigenvalue weighted by Gasteiger charge is 2.06. The summed E-state index contributed by atoms with van der Waals surface area (Å²) in [5.41, 5.74) is 4.13. The number of aryl methyl sites for hydroxylation is 1. The molecule has 0 amide bonds. The van der Waals surface area contributed by atoms with Crippen LogP contribution in [0.1, 0.15) is 18.1 Å². The summed E-state index contributed by atoms with van der Waals surface area (Å²) in [6, 6.07) is 14.7. The molecular formula is C19H18N4O2S. The minimum atomic E-state index is -0.424. The predicted octanol–water partition coefficient (Wildman–Crippen LogP) is 4.39. The molecule has 26 heavy (non-hydrogen) atoms. The van der Waals surface area contributed by atoms with Crippen molar-refractivity contribution >= 4 is 23.2 Å². The summed E-state index contributed by atoms with van der Waals surface area (Å²) in [6.45, 7) is 4.90. The smallest absolute Gasteiger partial charge is 0.270 e. The molecule has 0 unspecified atom stereocenters. The molecule has 6 nitrogen and oxygen atoms in total. The molecule has 0 bridgehead atoms. The van der Waals surface area contributed by atoms with E-state index in [0.717, 1.165) is 22.6 Å². The summed E-state index contributed by atoms with van der Waals surface area (Å²) < 4.78 is 2.10. The highest BCUT2D eigenvalue weighted by atomic mass is 32.1. The second kappa shape index (κ2) is 7.88. The average Bonchev–Trinajstić information content (AvgIpc) is 3.05. The van der Waals surface area contributed by atoms with Gasteiger partial charge in [-0.2, -0.15) is 5.10 Å². The van der Waals surface area contributed by atoms with E-state index < -0.39 is 4.92 Å². The number of hydrogen-bond acceptors (Lipinski definition) is 5. The molecule has 7 heteroatoms. The molecule has 0 saturated carbocycles. The van der Waals surface area contributed by atoms with Crippen molar-refractivity contribution in [2.45, 2.75) is 20.4 Å². The average molecular weight is 366 g/mol. The predicted molar refractivity (Wildman–Crippen MR) is 104 cm³/mol. The van der Waals surface area contributed by atoms with Gasteiger partial charge in [-0.25, -0.2) is 0 Å². The number of aromatic nitrogens is 1. The highest BCUT2D eigenvalue weighted by molar-refractivity contribution is 7.07. The van der Waals surface area contributed by atoms with Crippen LogP contribution in [-0.2, 0) is 6.54 Å². The Morgan fingerprint density at radius 3 is 2.69 bits per heavy atom. The molecular weight excluding hydrogens is 348 g/mol. The van der Waals surface area contributed by atoms with E-state index in [-0.39, 0.29) is 5.69 Å². The van der Waals surface area contributed by atoms with Crippen molar-refractivity contribution in [3.8, 4) is 11.3 Å². The van der Waals surface area contributed by atoms with Crippen molar-refractivity contribution in [3.63, 3.8) is 0 Å². The van der Waals surface area contributed by atoms with E-state index in [1.54, 1.807) is 12.1 Å². The molecule has 1 heterocycles. The SMILES string of the molecule is CCn1c(-c2ccc(C)cc2)cs/c1=N\N=C/c1cccc([N+](=O)[O-])c1. The van der Waals surface area contributed by atoms with Crippen LogP contribution in [0.15, 0.2) is 64.1 Å². The summed E-state index contributed by atoms with van der Waals surface area (Å²) in [5, 5.41) is 21.3. The fourth-order valence-corrected chi connectivity index (χ4v) is 3.46. The van der Waals surface area contributed by atoms with E-state index in [4.69, 9.17) is 0 Å². The van der Waals surface area contributed by atoms with E-state index in [0.29, 0.717) is 5.56 Å². The number of benzene rings is 2. The van der Waals surface area contributed by atoms with E-state index in [9.17, 15) is 10.1 Å². The van der Waals surface area contributed by atoms with Gasteiger partial charge in [0.05, 0.1) is 16.8 Å². The molecule has 3 rings (SSSR count). The fraction of sp³-hybridized carbons (Fsp3) is 0.158. The van der Waals surface area contributed by atoms with Crippen LogP contribution in [0.2, 0.25) is 0 Å². The molecule has 0 spiro atoms. The lowest BCUT2D eigenvalue weighted by Crippen LogP contribution is -2.14. The summed E-state index contributed by atoms with van der Waals surface area (Å²) in [7, 11) is 0. The Bertz CT molecular complexity index is 1020. The van der Waals surface area contributed by atoms with Crippen molar-refractivity contribution in [1.82, 2.24) is 4.57 Å². The molecule has 0 atom stereocenters. The third-order valence-corrected chi connectivity index (χ3v) is 4.75. The highest BCUT2D eigenvalue weighted by Crippen LogP contribution is 2.20. The molecule has 0 radical (unpaired) electrons. The Kier molecular flexibility index (Phi) is 5.38. The first-order valence-electron chi connectivity index (χ1n) is 8.15. The number of nitro groups is 1. The first-order chi connectivity index (χ1) is 12.6. The Balaban J connectivity index is 1.91. The first kappa shape index (κ1) is 17.8. The van der Waals surface area contributed by atoms with Crippen molar-refractivity contribution in [1.29, 1.82) is 0 Å². The Morgan fingerprint density at radius 1 is 1.23 bits per heavy atom. The fourth-order valence-electron chi connectivity index (χ4n) is 2.53. The van der Waals surface area contributed by atoms with Crippen LogP contribution in [0.4, 0.5) is 5.69 Å². The largest absolute Gasteiger partial charge is 0.315 e. The molecule has 3 aromatic rings. The lowest BCUT2D eigenvalue weighted by atomic mass is 10.1. The van der Waals surface area contributed by atoms with Crippen molar-refractivity contribution in [2.75, 3.05) is 0 Å². The molecule has 132 valence electrons. The molecule has 0 aliphatic carbocycles.